The molecule has 1 N–H and O–H groups in total. The maximum atomic E-state index is 5.37. The number of nitrogens with one attached hydrogen (secondary N) is 1. The molecule has 0 aliphatic carbocycles. The van der Waals surface area contributed by atoms with E-state index < -0.39 is 0 Å². The molecule has 1 atom stereocenters. The molecule has 0 aromatic heterocycles. The Balaban J connectivity index is 2.36. The zero-order chi connectivity index (χ0) is 12.5. The summed E-state index contributed by atoms with van der Waals surface area (Å²) >= 11 is 0. The van der Waals surface area contributed by atoms with Gasteiger partial charge >= 0.3 is 0 Å². The maximum absolute atomic E-state index is 5.37. The van der Waals surface area contributed by atoms with Gasteiger partial charge in [-0.1, -0.05) is 32.0 Å². The first-order valence-corrected chi connectivity index (χ1v) is 6.60. The quantitative estimate of drug-likeness (QED) is 0.698. The Morgan fingerprint density at radius 2 is 2.00 bits per heavy atom. The summed E-state index contributed by atoms with van der Waals surface area (Å²) in [5.41, 5.74) is 1.32. The molecule has 2 heteroatoms. The minimum atomic E-state index is 0.690. The van der Waals surface area contributed by atoms with Crippen molar-refractivity contribution in [3.05, 3.63) is 29.8 Å². The van der Waals surface area contributed by atoms with Crippen LogP contribution in [0.5, 0.6) is 5.75 Å². The number of rotatable bonds is 8. The van der Waals surface area contributed by atoms with Crippen molar-refractivity contribution in [3.63, 3.8) is 0 Å². The van der Waals surface area contributed by atoms with E-state index in [4.69, 9.17) is 4.74 Å². The molecule has 17 heavy (non-hydrogen) atoms. The molecule has 1 aromatic carbocycles. The van der Waals surface area contributed by atoms with E-state index in [9.17, 15) is 0 Å². The Hall–Kier alpha value is -1.02. The van der Waals surface area contributed by atoms with E-state index in [0.29, 0.717) is 5.92 Å². The summed E-state index contributed by atoms with van der Waals surface area (Å²) in [6.07, 6.45) is 3.52. The summed E-state index contributed by atoms with van der Waals surface area (Å²) in [5.74, 6) is 1.71. The molecule has 0 heterocycles. The van der Waals surface area contributed by atoms with Gasteiger partial charge in [0.15, 0.2) is 0 Å². The zero-order valence-electron chi connectivity index (χ0n) is 11.3. The van der Waals surface area contributed by atoms with Gasteiger partial charge in [-0.15, -0.1) is 0 Å². The highest BCUT2D eigenvalue weighted by atomic mass is 16.5. The van der Waals surface area contributed by atoms with Crippen LogP contribution < -0.4 is 10.1 Å². The Morgan fingerprint density at radius 1 is 1.24 bits per heavy atom. The summed E-state index contributed by atoms with van der Waals surface area (Å²) in [5, 5.41) is 3.45. The van der Waals surface area contributed by atoms with Gasteiger partial charge in [-0.25, -0.2) is 0 Å². The van der Waals surface area contributed by atoms with Crippen molar-refractivity contribution >= 4 is 0 Å². The Morgan fingerprint density at radius 3 is 2.71 bits per heavy atom. The van der Waals surface area contributed by atoms with Gasteiger partial charge in [-0.3, -0.25) is 0 Å². The molecule has 0 radical (unpaired) electrons. The fourth-order valence-corrected chi connectivity index (χ4v) is 2.00. The molecule has 0 spiro atoms. The van der Waals surface area contributed by atoms with Crippen LogP contribution in [0.15, 0.2) is 24.3 Å². The van der Waals surface area contributed by atoms with Crippen LogP contribution in [0.1, 0.15) is 32.3 Å². The highest BCUT2D eigenvalue weighted by molar-refractivity contribution is 5.33. The lowest BCUT2D eigenvalue weighted by molar-refractivity contribution is 0.403. The van der Waals surface area contributed by atoms with Crippen LogP contribution in [-0.4, -0.2) is 20.2 Å². The first-order valence-electron chi connectivity index (χ1n) is 6.60. The predicted molar refractivity (Wildman–Crippen MR) is 73.6 cm³/mol. The lowest BCUT2D eigenvalue weighted by atomic mass is 9.97. The van der Waals surface area contributed by atoms with Crippen molar-refractivity contribution in [2.75, 3.05) is 20.2 Å². The summed E-state index contributed by atoms with van der Waals surface area (Å²) in [7, 11) is 1.74. The molecule has 2 nitrogen and oxygen atoms in total. The number of hydrogen-bond donors (Lipinski definition) is 1. The van der Waals surface area contributed by atoms with Crippen LogP contribution in [0.25, 0.3) is 0 Å². The standard InChI is InChI=1S/C15H25NO/c1-4-10-16-11-9-13(2)12-14-7-5-6-8-15(14)17-3/h5-8,13,16H,4,9-12H2,1-3H3. The number of hydrogen-bond acceptors (Lipinski definition) is 2. The van der Waals surface area contributed by atoms with Crippen LogP contribution in [-0.2, 0) is 6.42 Å². The van der Waals surface area contributed by atoms with Gasteiger partial charge in [0.1, 0.15) is 5.75 Å². The summed E-state index contributed by atoms with van der Waals surface area (Å²) in [4.78, 5) is 0. The Labute approximate surface area is 105 Å². The number of para-hydroxylation sites is 1. The van der Waals surface area contributed by atoms with E-state index in [1.807, 2.05) is 12.1 Å². The van der Waals surface area contributed by atoms with Crippen molar-refractivity contribution in [3.8, 4) is 5.75 Å². The van der Waals surface area contributed by atoms with E-state index in [-0.39, 0.29) is 0 Å². The van der Waals surface area contributed by atoms with Gasteiger partial charge in [0, 0.05) is 0 Å². The van der Waals surface area contributed by atoms with Crippen LogP contribution >= 0.6 is 0 Å². The largest absolute Gasteiger partial charge is 0.496 e. The molecular formula is C15H25NO. The van der Waals surface area contributed by atoms with E-state index in [2.05, 4.69) is 31.3 Å². The molecule has 0 saturated heterocycles. The molecule has 0 aliphatic rings. The van der Waals surface area contributed by atoms with E-state index in [1.54, 1.807) is 7.11 Å². The van der Waals surface area contributed by atoms with Gasteiger partial charge < -0.3 is 10.1 Å². The second-order valence-electron chi connectivity index (χ2n) is 4.66. The summed E-state index contributed by atoms with van der Waals surface area (Å²) in [6, 6.07) is 8.31. The lowest BCUT2D eigenvalue weighted by Crippen LogP contribution is -2.18. The number of benzene rings is 1. The summed E-state index contributed by atoms with van der Waals surface area (Å²) in [6.45, 7) is 6.75. The SMILES string of the molecule is CCCNCCC(C)Cc1ccccc1OC. The fourth-order valence-electron chi connectivity index (χ4n) is 2.00. The second-order valence-corrected chi connectivity index (χ2v) is 4.66. The van der Waals surface area contributed by atoms with Crippen molar-refractivity contribution in [2.45, 2.75) is 33.1 Å². The van der Waals surface area contributed by atoms with Crippen molar-refractivity contribution in [1.82, 2.24) is 5.32 Å². The van der Waals surface area contributed by atoms with Crippen LogP contribution in [0.2, 0.25) is 0 Å². The normalized spacial score (nSPS) is 12.4. The third kappa shape index (κ3) is 5.22. The molecule has 1 aromatic rings. The molecule has 96 valence electrons. The minimum absolute atomic E-state index is 0.690. The fraction of sp³-hybridized carbons (Fsp3) is 0.600. The minimum Gasteiger partial charge on any atom is -0.496 e. The third-order valence-corrected chi connectivity index (χ3v) is 3.00. The monoisotopic (exact) mass is 235 g/mol. The van der Waals surface area contributed by atoms with Crippen LogP contribution in [0, 0.1) is 5.92 Å². The average molecular weight is 235 g/mol. The second kappa shape index (κ2) is 8.13. The molecule has 1 unspecified atom stereocenters. The van der Waals surface area contributed by atoms with Gasteiger partial charge in [0.2, 0.25) is 0 Å². The van der Waals surface area contributed by atoms with Gasteiger partial charge in [0.25, 0.3) is 0 Å². The Bertz CT molecular complexity index is 312. The van der Waals surface area contributed by atoms with E-state index in [0.717, 1.165) is 25.3 Å². The van der Waals surface area contributed by atoms with E-state index >= 15 is 0 Å². The number of methoxy groups -OCH3 is 1. The third-order valence-electron chi connectivity index (χ3n) is 3.00. The molecule has 1 rings (SSSR count). The first-order chi connectivity index (χ1) is 8.27. The first kappa shape index (κ1) is 14.0. The molecular weight excluding hydrogens is 210 g/mol. The molecule has 0 amide bonds. The van der Waals surface area contributed by atoms with Crippen molar-refractivity contribution < 1.29 is 4.74 Å². The number of ether oxygens (including phenoxy) is 1. The molecule has 0 saturated carbocycles. The molecule has 0 aliphatic heterocycles. The van der Waals surface area contributed by atoms with Gasteiger partial charge in [-0.2, -0.15) is 0 Å². The zero-order valence-corrected chi connectivity index (χ0v) is 11.3. The highest BCUT2D eigenvalue weighted by Crippen LogP contribution is 2.21. The van der Waals surface area contributed by atoms with Gasteiger partial charge in [0.05, 0.1) is 7.11 Å². The smallest absolute Gasteiger partial charge is 0.122 e. The van der Waals surface area contributed by atoms with Gasteiger partial charge in [-0.05, 0) is 49.9 Å². The predicted octanol–water partition coefficient (Wildman–Crippen LogP) is 3.26. The topological polar surface area (TPSA) is 21.3 Å². The Kier molecular flexibility index (Phi) is 6.71. The highest BCUT2D eigenvalue weighted by Gasteiger charge is 2.07. The van der Waals surface area contributed by atoms with Crippen molar-refractivity contribution in [1.29, 1.82) is 0 Å². The van der Waals surface area contributed by atoms with E-state index in [1.165, 1.54) is 18.4 Å². The lowest BCUT2D eigenvalue weighted by Gasteiger charge is -2.14. The average Bonchev–Trinajstić information content (AvgIpc) is 2.35. The molecule has 0 bridgehead atoms. The maximum Gasteiger partial charge on any atom is 0.122 e. The van der Waals surface area contributed by atoms with Crippen molar-refractivity contribution in [2.24, 2.45) is 5.92 Å². The molecule has 0 fully saturated rings. The summed E-state index contributed by atoms with van der Waals surface area (Å²) < 4.78 is 5.37. The van der Waals surface area contributed by atoms with Crippen LogP contribution in [0.3, 0.4) is 0 Å². The van der Waals surface area contributed by atoms with Crippen LogP contribution in [0.4, 0.5) is 0 Å².